The summed E-state index contributed by atoms with van der Waals surface area (Å²) in [5.41, 5.74) is 8.20. The number of aromatic nitrogens is 2. The lowest BCUT2D eigenvalue weighted by Crippen LogP contribution is -2.41. The third-order valence-electron chi connectivity index (χ3n) is 4.96. The minimum Gasteiger partial charge on any atom is -0.266 e. The quantitative estimate of drug-likeness (QED) is 0.668. The van der Waals surface area contributed by atoms with E-state index in [-0.39, 0.29) is 11.6 Å². The van der Waals surface area contributed by atoms with Crippen LogP contribution in [0.1, 0.15) is 49.6 Å². The molecule has 2 amide bonds. The van der Waals surface area contributed by atoms with E-state index in [0.717, 1.165) is 30.6 Å². The van der Waals surface area contributed by atoms with Crippen molar-refractivity contribution < 1.29 is 9.59 Å². The van der Waals surface area contributed by atoms with Gasteiger partial charge in [0.25, 0.3) is 11.8 Å². The number of aryl methyl sites for hydroxylation is 2. The summed E-state index contributed by atoms with van der Waals surface area (Å²) in [5.74, 6) is -0.0821. The number of carbonyl (C=O) groups excluding carboxylic acids is 2. The van der Waals surface area contributed by atoms with Crippen molar-refractivity contribution in [3.63, 3.8) is 0 Å². The molecule has 0 spiro atoms. The Labute approximate surface area is 167 Å². The average molecular weight is 395 g/mol. The van der Waals surface area contributed by atoms with Crippen molar-refractivity contribution >= 4 is 23.2 Å². The topological polar surface area (TPSA) is 76.0 Å². The number of nitrogens with zero attached hydrogens (tertiary/aromatic N) is 2. The Morgan fingerprint density at radius 1 is 1.14 bits per heavy atom. The normalized spacial score (nSPS) is 15.7. The van der Waals surface area contributed by atoms with Gasteiger partial charge >= 0.3 is 0 Å². The second-order valence-electron chi connectivity index (χ2n) is 7.23. The first-order valence-electron chi connectivity index (χ1n) is 9.35. The number of benzene rings is 1. The minimum absolute atomic E-state index is 0.251. The van der Waals surface area contributed by atoms with Gasteiger partial charge in [-0.15, -0.1) is 11.3 Å². The number of thiophene rings is 1. The van der Waals surface area contributed by atoms with Crippen LogP contribution in [0.15, 0.2) is 42.5 Å². The first-order chi connectivity index (χ1) is 13.5. The van der Waals surface area contributed by atoms with E-state index in [1.165, 1.54) is 21.8 Å². The summed E-state index contributed by atoms with van der Waals surface area (Å²) in [4.78, 5) is 26.8. The number of carbonyl (C=O) groups is 2. The lowest BCUT2D eigenvalue weighted by Gasteiger charge is -2.16. The standard InChI is InChI=1S/C21H22N4O2S/c1-13-8-9-18-15(10-13)12-19(28-18)21(27)23-22-20(26)17-11-14(2)25(24-17)16-6-4-3-5-7-16/h3-7,11-13H,8-10H2,1-2H3,(H,22,26)(H,23,27). The highest BCUT2D eigenvalue weighted by Crippen LogP contribution is 2.32. The van der Waals surface area contributed by atoms with Gasteiger partial charge < -0.3 is 0 Å². The van der Waals surface area contributed by atoms with E-state index in [1.807, 2.05) is 43.3 Å². The van der Waals surface area contributed by atoms with Gasteiger partial charge in [-0.2, -0.15) is 5.10 Å². The molecule has 0 saturated carbocycles. The van der Waals surface area contributed by atoms with E-state index >= 15 is 0 Å². The van der Waals surface area contributed by atoms with Gasteiger partial charge in [-0.05, 0) is 61.9 Å². The predicted molar refractivity (Wildman–Crippen MR) is 109 cm³/mol. The van der Waals surface area contributed by atoms with Gasteiger partial charge in [-0.25, -0.2) is 4.68 Å². The van der Waals surface area contributed by atoms with Gasteiger partial charge in [0.2, 0.25) is 0 Å². The number of rotatable bonds is 3. The van der Waals surface area contributed by atoms with Crippen LogP contribution in [0, 0.1) is 12.8 Å². The summed E-state index contributed by atoms with van der Waals surface area (Å²) >= 11 is 1.51. The van der Waals surface area contributed by atoms with Crippen LogP contribution in [0.25, 0.3) is 5.69 Å². The molecule has 7 heteroatoms. The van der Waals surface area contributed by atoms with Gasteiger partial charge in [-0.1, -0.05) is 25.1 Å². The molecule has 1 aliphatic rings. The van der Waals surface area contributed by atoms with Crippen LogP contribution in [0.3, 0.4) is 0 Å². The summed E-state index contributed by atoms with van der Waals surface area (Å²) in [6.07, 6.45) is 3.20. The fourth-order valence-electron chi connectivity index (χ4n) is 3.47. The van der Waals surface area contributed by atoms with Crippen molar-refractivity contribution in [3.05, 3.63) is 69.2 Å². The highest BCUT2D eigenvalue weighted by Gasteiger charge is 2.21. The molecule has 0 aliphatic heterocycles. The fraction of sp³-hybridized carbons (Fsp3) is 0.286. The molecular formula is C21H22N4O2S. The summed E-state index contributed by atoms with van der Waals surface area (Å²) in [5, 5.41) is 4.35. The monoisotopic (exact) mass is 394 g/mol. The van der Waals surface area contributed by atoms with Gasteiger partial charge in [0.15, 0.2) is 5.69 Å². The number of hydrogen-bond acceptors (Lipinski definition) is 4. The number of hydrogen-bond donors (Lipinski definition) is 2. The molecule has 0 radical (unpaired) electrons. The molecule has 3 aromatic rings. The van der Waals surface area contributed by atoms with Crippen LogP contribution in [0.4, 0.5) is 0 Å². The number of fused-ring (bicyclic) bond motifs is 1. The van der Waals surface area contributed by atoms with Crippen molar-refractivity contribution in [3.8, 4) is 5.69 Å². The van der Waals surface area contributed by atoms with Crippen LogP contribution in [-0.2, 0) is 12.8 Å². The summed E-state index contributed by atoms with van der Waals surface area (Å²) in [6, 6.07) is 13.2. The van der Waals surface area contributed by atoms with Gasteiger partial charge in [0.1, 0.15) is 0 Å². The fourth-order valence-corrected chi connectivity index (χ4v) is 4.58. The Kier molecular flexibility index (Phi) is 5.00. The van der Waals surface area contributed by atoms with Crippen molar-refractivity contribution in [2.45, 2.75) is 33.1 Å². The molecule has 1 aliphatic carbocycles. The predicted octanol–water partition coefficient (Wildman–Crippen LogP) is 3.44. The number of nitrogens with one attached hydrogen (secondary N) is 2. The average Bonchev–Trinajstić information content (AvgIpc) is 3.29. The van der Waals surface area contributed by atoms with E-state index < -0.39 is 5.91 Å². The largest absolute Gasteiger partial charge is 0.290 e. The van der Waals surface area contributed by atoms with E-state index in [0.29, 0.717) is 10.8 Å². The minimum atomic E-state index is -0.443. The molecule has 2 N–H and O–H groups in total. The van der Waals surface area contributed by atoms with E-state index in [1.54, 1.807) is 10.7 Å². The lowest BCUT2D eigenvalue weighted by atomic mass is 9.90. The van der Waals surface area contributed by atoms with Crippen LogP contribution < -0.4 is 10.9 Å². The second-order valence-corrected chi connectivity index (χ2v) is 8.37. The first kappa shape index (κ1) is 18.4. The summed E-state index contributed by atoms with van der Waals surface area (Å²) in [6.45, 7) is 4.11. The Morgan fingerprint density at radius 3 is 2.68 bits per heavy atom. The summed E-state index contributed by atoms with van der Waals surface area (Å²) in [7, 11) is 0. The van der Waals surface area contributed by atoms with Gasteiger partial charge in [-0.3, -0.25) is 20.4 Å². The molecule has 1 aromatic carbocycles. The van der Waals surface area contributed by atoms with Crippen molar-refractivity contribution in [2.75, 3.05) is 0 Å². The smallest absolute Gasteiger partial charge is 0.266 e. The zero-order valence-corrected chi connectivity index (χ0v) is 16.7. The SMILES string of the molecule is Cc1cc(C(=O)NNC(=O)c2cc3c(s2)CCC(C)C3)nn1-c1ccccc1. The van der Waals surface area contributed by atoms with Gasteiger partial charge in [0.05, 0.1) is 10.6 Å². The molecule has 1 atom stereocenters. The zero-order valence-electron chi connectivity index (χ0n) is 15.9. The molecule has 0 bridgehead atoms. The molecular weight excluding hydrogens is 372 g/mol. The van der Waals surface area contributed by atoms with Crippen LogP contribution in [0.5, 0.6) is 0 Å². The maximum Gasteiger partial charge on any atom is 0.290 e. The Bertz CT molecular complexity index is 1020. The maximum atomic E-state index is 12.4. The van der Waals surface area contributed by atoms with Crippen LogP contribution in [0.2, 0.25) is 0 Å². The first-order valence-corrected chi connectivity index (χ1v) is 10.2. The summed E-state index contributed by atoms with van der Waals surface area (Å²) < 4.78 is 1.70. The molecule has 2 aromatic heterocycles. The molecule has 2 heterocycles. The van der Waals surface area contributed by atoms with Crippen LogP contribution >= 0.6 is 11.3 Å². The molecule has 4 rings (SSSR count). The molecule has 28 heavy (non-hydrogen) atoms. The van der Waals surface area contributed by atoms with Crippen LogP contribution in [-0.4, -0.2) is 21.6 Å². The Hall–Kier alpha value is -2.93. The van der Waals surface area contributed by atoms with Gasteiger partial charge in [0, 0.05) is 10.6 Å². The van der Waals surface area contributed by atoms with E-state index in [2.05, 4.69) is 22.9 Å². The Balaban J connectivity index is 1.41. The Morgan fingerprint density at radius 2 is 1.89 bits per heavy atom. The van der Waals surface area contributed by atoms with Crippen molar-refractivity contribution in [2.24, 2.45) is 5.92 Å². The molecule has 1 unspecified atom stereocenters. The highest BCUT2D eigenvalue weighted by atomic mass is 32.1. The highest BCUT2D eigenvalue weighted by molar-refractivity contribution is 7.14. The molecule has 0 fully saturated rings. The van der Waals surface area contributed by atoms with Crippen molar-refractivity contribution in [1.29, 1.82) is 0 Å². The third-order valence-corrected chi connectivity index (χ3v) is 6.20. The van der Waals surface area contributed by atoms with Crippen molar-refractivity contribution in [1.82, 2.24) is 20.6 Å². The van der Waals surface area contributed by atoms with E-state index in [4.69, 9.17) is 0 Å². The van der Waals surface area contributed by atoms with E-state index in [9.17, 15) is 9.59 Å². The lowest BCUT2D eigenvalue weighted by molar-refractivity contribution is 0.0846. The molecule has 0 saturated heterocycles. The number of hydrazine groups is 1. The number of para-hydroxylation sites is 1. The maximum absolute atomic E-state index is 12.4. The zero-order chi connectivity index (χ0) is 19.7. The molecule has 6 nitrogen and oxygen atoms in total. The molecule has 144 valence electrons. The second kappa shape index (κ2) is 7.59. The third kappa shape index (κ3) is 3.71. The number of amides is 2.